The van der Waals surface area contributed by atoms with Gasteiger partial charge in [0, 0.05) is 24.5 Å². The summed E-state index contributed by atoms with van der Waals surface area (Å²) in [6.07, 6.45) is 3.25. The Labute approximate surface area is 108 Å². The van der Waals surface area contributed by atoms with Gasteiger partial charge >= 0.3 is 0 Å². The van der Waals surface area contributed by atoms with E-state index in [4.69, 9.17) is 9.47 Å². The molecule has 2 rings (SSSR count). The lowest BCUT2D eigenvalue weighted by Gasteiger charge is -2.25. The van der Waals surface area contributed by atoms with Crippen LogP contribution in [0.25, 0.3) is 0 Å². The lowest BCUT2D eigenvalue weighted by atomic mass is 9.81. The second-order valence-corrected chi connectivity index (χ2v) is 4.87. The van der Waals surface area contributed by atoms with Crippen molar-refractivity contribution in [3.63, 3.8) is 0 Å². The van der Waals surface area contributed by atoms with Crippen LogP contribution in [0.3, 0.4) is 0 Å². The second kappa shape index (κ2) is 5.42. The monoisotopic (exact) mass is 248 g/mol. The average Bonchev–Trinajstić information content (AvgIpc) is 2.39. The number of aryl methyl sites for hydroxylation is 1. The molecule has 0 bridgehead atoms. The maximum absolute atomic E-state index is 11.3. The molecule has 0 unspecified atom stereocenters. The van der Waals surface area contributed by atoms with E-state index in [1.165, 1.54) is 11.1 Å². The zero-order chi connectivity index (χ0) is 13.1. The lowest BCUT2D eigenvalue weighted by molar-refractivity contribution is -0.120. The molecule has 0 N–H and O–H groups in total. The predicted octanol–water partition coefficient (Wildman–Crippen LogP) is 3.24. The number of methoxy groups -OCH3 is 2. The third-order valence-corrected chi connectivity index (χ3v) is 3.73. The third-order valence-electron chi connectivity index (χ3n) is 3.73. The van der Waals surface area contributed by atoms with Crippen molar-refractivity contribution in [2.24, 2.45) is 0 Å². The number of hydrogen-bond donors (Lipinski definition) is 0. The molecule has 1 aromatic carbocycles. The summed E-state index contributed by atoms with van der Waals surface area (Å²) in [6.45, 7) is 2.08. The van der Waals surface area contributed by atoms with E-state index in [-0.39, 0.29) is 0 Å². The number of carbonyl (C=O) groups is 1. The first-order valence-corrected chi connectivity index (χ1v) is 6.40. The first-order valence-electron chi connectivity index (χ1n) is 6.40. The number of rotatable bonds is 3. The number of ketones is 1. The summed E-state index contributed by atoms with van der Waals surface area (Å²) in [7, 11) is 3.35. The average molecular weight is 248 g/mol. The fourth-order valence-corrected chi connectivity index (χ4v) is 2.77. The Hall–Kier alpha value is -1.51. The summed E-state index contributed by atoms with van der Waals surface area (Å²) < 4.78 is 10.7. The molecule has 0 radical (unpaired) electrons. The highest BCUT2D eigenvalue weighted by Gasteiger charge is 2.24. The second-order valence-electron chi connectivity index (χ2n) is 4.87. The van der Waals surface area contributed by atoms with E-state index in [2.05, 4.69) is 6.92 Å². The van der Waals surface area contributed by atoms with Crippen molar-refractivity contribution in [3.8, 4) is 11.5 Å². The fraction of sp³-hybridized carbons (Fsp3) is 0.533. The topological polar surface area (TPSA) is 35.5 Å². The molecule has 98 valence electrons. The van der Waals surface area contributed by atoms with Gasteiger partial charge in [0.15, 0.2) is 0 Å². The molecule has 1 aliphatic rings. The van der Waals surface area contributed by atoms with Crippen molar-refractivity contribution in [2.75, 3.05) is 14.2 Å². The number of benzene rings is 1. The number of ether oxygens (including phenoxy) is 2. The van der Waals surface area contributed by atoms with E-state index in [1.807, 2.05) is 12.1 Å². The molecule has 3 heteroatoms. The van der Waals surface area contributed by atoms with Gasteiger partial charge < -0.3 is 9.47 Å². The van der Waals surface area contributed by atoms with Crippen LogP contribution >= 0.6 is 0 Å². The van der Waals surface area contributed by atoms with Crippen LogP contribution in [0.15, 0.2) is 12.1 Å². The van der Waals surface area contributed by atoms with Crippen molar-refractivity contribution in [1.29, 1.82) is 0 Å². The highest BCUT2D eigenvalue weighted by Crippen LogP contribution is 2.40. The number of Topliss-reactive ketones (excluding diaryl/α,β-unsaturated/α-hetero) is 1. The van der Waals surface area contributed by atoms with E-state index in [0.29, 0.717) is 24.5 Å². The van der Waals surface area contributed by atoms with Crippen LogP contribution in [0.5, 0.6) is 11.5 Å². The zero-order valence-electron chi connectivity index (χ0n) is 11.3. The highest BCUT2D eigenvalue weighted by molar-refractivity contribution is 5.79. The highest BCUT2D eigenvalue weighted by atomic mass is 16.5. The summed E-state index contributed by atoms with van der Waals surface area (Å²) in [6, 6.07) is 3.97. The minimum atomic E-state index is 0.386. The normalized spacial score (nSPS) is 16.7. The van der Waals surface area contributed by atoms with Gasteiger partial charge in [-0.3, -0.25) is 4.79 Å². The van der Waals surface area contributed by atoms with Crippen LogP contribution in [0.4, 0.5) is 0 Å². The van der Waals surface area contributed by atoms with Crippen LogP contribution in [-0.4, -0.2) is 20.0 Å². The van der Waals surface area contributed by atoms with E-state index in [9.17, 15) is 4.79 Å². The first-order chi connectivity index (χ1) is 8.65. The largest absolute Gasteiger partial charge is 0.497 e. The zero-order valence-corrected chi connectivity index (χ0v) is 11.3. The Morgan fingerprint density at radius 1 is 1.11 bits per heavy atom. The molecule has 0 atom stereocenters. The summed E-state index contributed by atoms with van der Waals surface area (Å²) >= 11 is 0. The third kappa shape index (κ3) is 2.50. The van der Waals surface area contributed by atoms with Gasteiger partial charge in [-0.1, -0.05) is 0 Å². The molecular formula is C15H20O3. The molecule has 0 saturated heterocycles. The van der Waals surface area contributed by atoms with Gasteiger partial charge in [0.2, 0.25) is 0 Å². The van der Waals surface area contributed by atoms with Gasteiger partial charge in [0.1, 0.15) is 17.3 Å². The molecule has 3 nitrogen and oxygen atoms in total. The minimum Gasteiger partial charge on any atom is -0.497 e. The molecule has 1 fully saturated rings. The summed E-state index contributed by atoms with van der Waals surface area (Å²) in [5.74, 6) is 2.52. The Morgan fingerprint density at radius 2 is 1.78 bits per heavy atom. The minimum absolute atomic E-state index is 0.386. The SMILES string of the molecule is COc1cc(C)c(C2CCC(=O)CC2)c(OC)c1. The van der Waals surface area contributed by atoms with Gasteiger partial charge in [-0.2, -0.15) is 0 Å². The van der Waals surface area contributed by atoms with Gasteiger partial charge in [-0.05, 0) is 37.3 Å². The Bertz CT molecular complexity index is 441. The van der Waals surface area contributed by atoms with E-state index < -0.39 is 0 Å². The summed E-state index contributed by atoms with van der Waals surface area (Å²) in [5.41, 5.74) is 2.43. The molecule has 1 aliphatic carbocycles. The fourth-order valence-electron chi connectivity index (χ4n) is 2.77. The van der Waals surface area contributed by atoms with Gasteiger partial charge in [-0.15, -0.1) is 0 Å². The Kier molecular flexibility index (Phi) is 3.90. The molecule has 1 aromatic rings. The molecule has 18 heavy (non-hydrogen) atoms. The van der Waals surface area contributed by atoms with Crippen LogP contribution in [0.1, 0.15) is 42.7 Å². The van der Waals surface area contributed by atoms with Gasteiger partial charge in [-0.25, -0.2) is 0 Å². The first kappa shape index (κ1) is 12.9. The van der Waals surface area contributed by atoms with Crippen molar-refractivity contribution in [3.05, 3.63) is 23.3 Å². The van der Waals surface area contributed by atoms with E-state index >= 15 is 0 Å². The van der Waals surface area contributed by atoms with Crippen LogP contribution in [-0.2, 0) is 4.79 Å². The molecule has 0 aromatic heterocycles. The molecule has 0 amide bonds. The number of hydrogen-bond acceptors (Lipinski definition) is 3. The van der Waals surface area contributed by atoms with Gasteiger partial charge in [0.25, 0.3) is 0 Å². The molecule has 0 aliphatic heterocycles. The quantitative estimate of drug-likeness (QED) is 0.823. The standard InChI is InChI=1S/C15H20O3/c1-10-8-13(17-2)9-14(18-3)15(10)11-4-6-12(16)7-5-11/h8-9,11H,4-7H2,1-3H3. The van der Waals surface area contributed by atoms with E-state index in [0.717, 1.165) is 24.3 Å². The van der Waals surface area contributed by atoms with Crippen molar-refractivity contribution in [1.82, 2.24) is 0 Å². The van der Waals surface area contributed by atoms with Crippen molar-refractivity contribution in [2.45, 2.75) is 38.5 Å². The van der Waals surface area contributed by atoms with Crippen LogP contribution in [0, 0.1) is 6.92 Å². The molecular weight excluding hydrogens is 228 g/mol. The van der Waals surface area contributed by atoms with Gasteiger partial charge in [0.05, 0.1) is 14.2 Å². The maximum Gasteiger partial charge on any atom is 0.132 e. The Balaban J connectivity index is 2.34. The smallest absolute Gasteiger partial charge is 0.132 e. The molecule has 1 saturated carbocycles. The molecule has 0 spiro atoms. The summed E-state index contributed by atoms with van der Waals surface area (Å²) in [4.78, 5) is 11.3. The Morgan fingerprint density at radius 3 is 2.33 bits per heavy atom. The molecule has 0 heterocycles. The summed E-state index contributed by atoms with van der Waals surface area (Å²) in [5, 5.41) is 0. The van der Waals surface area contributed by atoms with Crippen molar-refractivity contribution < 1.29 is 14.3 Å². The maximum atomic E-state index is 11.3. The van der Waals surface area contributed by atoms with Crippen LogP contribution < -0.4 is 9.47 Å². The van der Waals surface area contributed by atoms with Crippen molar-refractivity contribution >= 4 is 5.78 Å². The predicted molar refractivity (Wildman–Crippen MR) is 70.5 cm³/mol. The van der Waals surface area contributed by atoms with E-state index in [1.54, 1.807) is 14.2 Å². The van der Waals surface area contributed by atoms with Crippen LogP contribution in [0.2, 0.25) is 0 Å². The lowest BCUT2D eigenvalue weighted by Crippen LogP contribution is -2.14. The number of carbonyl (C=O) groups excluding carboxylic acids is 1.